The van der Waals surface area contributed by atoms with Gasteiger partial charge in [-0.05, 0) is 123 Å². The first-order chi connectivity index (χ1) is 28.3. The summed E-state index contributed by atoms with van der Waals surface area (Å²) in [4.78, 5) is 5.11. The van der Waals surface area contributed by atoms with E-state index in [0.717, 1.165) is 28.1 Å². The van der Waals surface area contributed by atoms with Gasteiger partial charge in [0, 0.05) is 11.3 Å². The standard InChI is InChI=1S/C55H34N2/c1-2-14-40(15-3-1)57-52-24-11-10-23-51(52)56-55(57)37-28-25-35(26-29-37)41-31-32-42(44-17-5-4-16-43(41)44)39-33-38-30-27-36-13-12-22-49-47-20-8-6-18-45(47)46-19-7-9-21-48(46)50(34-39)54(38)53(36)49/h1-34H. The van der Waals surface area contributed by atoms with E-state index in [1.165, 1.54) is 86.9 Å². The maximum atomic E-state index is 5.11. The van der Waals surface area contributed by atoms with Crippen molar-refractivity contribution in [1.29, 1.82) is 0 Å². The van der Waals surface area contributed by atoms with Crippen molar-refractivity contribution in [3.63, 3.8) is 0 Å². The van der Waals surface area contributed by atoms with Crippen LogP contribution in [0.5, 0.6) is 0 Å². The molecule has 11 aromatic carbocycles. The molecule has 0 unspecified atom stereocenters. The van der Waals surface area contributed by atoms with Crippen molar-refractivity contribution < 1.29 is 0 Å². The third kappa shape index (κ3) is 4.87. The van der Waals surface area contributed by atoms with Crippen molar-refractivity contribution >= 4 is 75.7 Å². The zero-order chi connectivity index (χ0) is 37.5. The van der Waals surface area contributed by atoms with Gasteiger partial charge in [-0.25, -0.2) is 4.98 Å². The number of hydrogen-bond acceptors (Lipinski definition) is 1. The van der Waals surface area contributed by atoms with Gasteiger partial charge in [0.25, 0.3) is 0 Å². The molecule has 0 amide bonds. The lowest BCUT2D eigenvalue weighted by Crippen LogP contribution is -1.97. The zero-order valence-corrected chi connectivity index (χ0v) is 31.0. The summed E-state index contributed by atoms with van der Waals surface area (Å²) in [6.07, 6.45) is 0. The van der Waals surface area contributed by atoms with Gasteiger partial charge in [-0.2, -0.15) is 0 Å². The highest BCUT2D eigenvalue weighted by molar-refractivity contribution is 6.33. The van der Waals surface area contributed by atoms with E-state index in [9.17, 15) is 0 Å². The first-order valence-electron chi connectivity index (χ1n) is 19.6. The molecule has 264 valence electrons. The summed E-state index contributed by atoms with van der Waals surface area (Å²) < 4.78 is 2.26. The second-order valence-electron chi connectivity index (χ2n) is 15.1. The van der Waals surface area contributed by atoms with Gasteiger partial charge in [-0.15, -0.1) is 0 Å². The average Bonchev–Trinajstić information content (AvgIpc) is 3.68. The van der Waals surface area contributed by atoms with Gasteiger partial charge >= 0.3 is 0 Å². The molecule has 0 aliphatic carbocycles. The molecule has 57 heavy (non-hydrogen) atoms. The quantitative estimate of drug-likeness (QED) is 0.165. The number of fused-ring (bicyclic) bond motifs is 7. The summed E-state index contributed by atoms with van der Waals surface area (Å²) in [7, 11) is 0. The summed E-state index contributed by atoms with van der Waals surface area (Å²) in [6, 6.07) is 75.3. The van der Waals surface area contributed by atoms with Gasteiger partial charge in [0.15, 0.2) is 0 Å². The van der Waals surface area contributed by atoms with E-state index in [-0.39, 0.29) is 0 Å². The second-order valence-corrected chi connectivity index (χ2v) is 15.1. The molecule has 0 aliphatic rings. The van der Waals surface area contributed by atoms with Crippen LogP contribution in [0.4, 0.5) is 0 Å². The monoisotopic (exact) mass is 722 g/mol. The van der Waals surface area contributed by atoms with Crippen molar-refractivity contribution in [3.8, 4) is 39.3 Å². The Morgan fingerprint density at radius 1 is 0.316 bits per heavy atom. The number of aromatic nitrogens is 2. The highest BCUT2D eigenvalue weighted by Crippen LogP contribution is 2.44. The highest BCUT2D eigenvalue weighted by atomic mass is 15.1. The maximum Gasteiger partial charge on any atom is 0.145 e. The fourth-order valence-corrected chi connectivity index (χ4v) is 9.40. The lowest BCUT2D eigenvalue weighted by molar-refractivity contribution is 1.10. The Labute approximate surface area is 329 Å². The van der Waals surface area contributed by atoms with Crippen molar-refractivity contribution in [3.05, 3.63) is 206 Å². The molecule has 0 saturated carbocycles. The molecule has 0 radical (unpaired) electrons. The van der Waals surface area contributed by atoms with Crippen LogP contribution in [0, 0.1) is 0 Å². The minimum atomic E-state index is 0.936. The lowest BCUT2D eigenvalue weighted by Gasteiger charge is -2.17. The Morgan fingerprint density at radius 3 is 1.56 bits per heavy atom. The van der Waals surface area contributed by atoms with Crippen LogP contribution in [-0.4, -0.2) is 9.55 Å². The average molecular weight is 723 g/mol. The van der Waals surface area contributed by atoms with Crippen LogP contribution in [0.2, 0.25) is 0 Å². The van der Waals surface area contributed by atoms with Crippen LogP contribution in [0.25, 0.3) is 115 Å². The van der Waals surface area contributed by atoms with Crippen LogP contribution < -0.4 is 0 Å². The Hall–Kier alpha value is -7.55. The molecular weight excluding hydrogens is 689 g/mol. The van der Waals surface area contributed by atoms with Crippen LogP contribution in [0.1, 0.15) is 0 Å². The fourth-order valence-electron chi connectivity index (χ4n) is 9.40. The molecule has 2 heteroatoms. The van der Waals surface area contributed by atoms with Gasteiger partial charge in [-0.3, -0.25) is 4.57 Å². The third-order valence-corrected chi connectivity index (χ3v) is 11.9. The van der Waals surface area contributed by atoms with Crippen LogP contribution in [0.3, 0.4) is 0 Å². The predicted molar refractivity (Wildman–Crippen MR) is 242 cm³/mol. The number of imidazole rings is 1. The number of nitrogens with zero attached hydrogens (tertiary/aromatic N) is 2. The molecule has 0 spiro atoms. The van der Waals surface area contributed by atoms with E-state index < -0.39 is 0 Å². The topological polar surface area (TPSA) is 17.8 Å². The van der Waals surface area contributed by atoms with Crippen molar-refractivity contribution in [1.82, 2.24) is 9.55 Å². The molecule has 0 aliphatic heterocycles. The first-order valence-corrected chi connectivity index (χ1v) is 19.6. The lowest BCUT2D eigenvalue weighted by atomic mass is 9.87. The Kier molecular flexibility index (Phi) is 6.96. The second kappa shape index (κ2) is 12.5. The zero-order valence-electron chi connectivity index (χ0n) is 31.0. The van der Waals surface area contributed by atoms with Crippen LogP contribution in [-0.2, 0) is 0 Å². The number of para-hydroxylation sites is 3. The molecule has 0 atom stereocenters. The summed E-state index contributed by atoms with van der Waals surface area (Å²) in [5.74, 6) is 0.936. The Morgan fingerprint density at radius 2 is 0.842 bits per heavy atom. The van der Waals surface area contributed by atoms with Crippen molar-refractivity contribution in [2.24, 2.45) is 0 Å². The Balaban J connectivity index is 1.05. The largest absolute Gasteiger partial charge is 0.292 e. The predicted octanol–water partition coefficient (Wildman–Crippen LogP) is 14.9. The normalized spacial score (nSPS) is 11.9. The van der Waals surface area contributed by atoms with Gasteiger partial charge < -0.3 is 0 Å². The van der Waals surface area contributed by atoms with E-state index in [2.05, 4.69) is 211 Å². The fraction of sp³-hybridized carbons (Fsp3) is 0. The highest BCUT2D eigenvalue weighted by Gasteiger charge is 2.18. The van der Waals surface area contributed by atoms with Crippen LogP contribution >= 0.6 is 0 Å². The molecule has 12 rings (SSSR count). The molecule has 12 aromatic rings. The van der Waals surface area contributed by atoms with E-state index >= 15 is 0 Å². The summed E-state index contributed by atoms with van der Waals surface area (Å²) >= 11 is 0. The third-order valence-electron chi connectivity index (χ3n) is 11.9. The smallest absolute Gasteiger partial charge is 0.145 e. The summed E-state index contributed by atoms with van der Waals surface area (Å²) in [6.45, 7) is 0. The molecule has 0 fully saturated rings. The molecule has 0 saturated heterocycles. The number of benzene rings is 10. The summed E-state index contributed by atoms with van der Waals surface area (Å²) in [5.41, 5.74) is 9.10. The van der Waals surface area contributed by atoms with Crippen molar-refractivity contribution in [2.45, 2.75) is 0 Å². The van der Waals surface area contributed by atoms with Gasteiger partial charge in [-0.1, -0.05) is 170 Å². The molecule has 0 bridgehead atoms. The number of hydrogen-bond donors (Lipinski definition) is 0. The van der Waals surface area contributed by atoms with Gasteiger partial charge in [0.2, 0.25) is 0 Å². The first kappa shape index (κ1) is 31.8. The minimum Gasteiger partial charge on any atom is -0.292 e. The van der Waals surface area contributed by atoms with Crippen molar-refractivity contribution in [2.75, 3.05) is 0 Å². The van der Waals surface area contributed by atoms with E-state index in [1.807, 2.05) is 0 Å². The van der Waals surface area contributed by atoms with Gasteiger partial charge in [0.1, 0.15) is 5.82 Å². The Bertz CT molecular complexity index is 3560. The molecular formula is C55H34N2. The molecule has 1 aromatic heterocycles. The van der Waals surface area contributed by atoms with E-state index in [4.69, 9.17) is 4.98 Å². The molecule has 1 heterocycles. The van der Waals surface area contributed by atoms with Crippen LogP contribution in [0.15, 0.2) is 206 Å². The molecule has 0 N–H and O–H groups in total. The number of rotatable bonds is 4. The summed E-state index contributed by atoms with van der Waals surface area (Å²) in [5, 5.41) is 15.3. The van der Waals surface area contributed by atoms with E-state index in [1.54, 1.807) is 0 Å². The minimum absolute atomic E-state index is 0.936. The van der Waals surface area contributed by atoms with Gasteiger partial charge in [0.05, 0.1) is 11.0 Å². The molecule has 2 nitrogen and oxygen atoms in total. The SMILES string of the molecule is c1ccc(-n2c(-c3ccc(-c4ccc(-c5cc6ccc7cccc8c9ccccc9c9ccccc9c(c5)c6c78)c5ccccc45)cc3)nc3ccccc32)cc1. The van der Waals surface area contributed by atoms with E-state index in [0.29, 0.717) is 0 Å². The maximum absolute atomic E-state index is 5.11.